The van der Waals surface area contributed by atoms with Crippen LogP contribution in [-0.4, -0.2) is 65.1 Å². The summed E-state index contributed by atoms with van der Waals surface area (Å²) in [5.74, 6) is 2.30. The Morgan fingerprint density at radius 2 is 2.24 bits per heavy atom. The van der Waals surface area contributed by atoms with Crippen molar-refractivity contribution >= 4 is 5.82 Å². The van der Waals surface area contributed by atoms with Crippen molar-refractivity contribution in [3.63, 3.8) is 0 Å². The van der Waals surface area contributed by atoms with Crippen LogP contribution in [0.3, 0.4) is 0 Å². The van der Waals surface area contributed by atoms with E-state index in [4.69, 9.17) is 9.26 Å². The fraction of sp³-hybridized carbons (Fsp3) is 0.647. The fourth-order valence-corrected chi connectivity index (χ4v) is 3.07. The minimum Gasteiger partial charge on any atom is -0.384 e. The van der Waals surface area contributed by atoms with Gasteiger partial charge in [0.05, 0.1) is 18.8 Å². The highest BCUT2D eigenvalue weighted by atomic mass is 16.5. The molecule has 0 unspecified atom stereocenters. The Labute approximate surface area is 148 Å². The number of ether oxygens (including phenoxy) is 1. The van der Waals surface area contributed by atoms with E-state index >= 15 is 0 Å². The second kappa shape index (κ2) is 8.35. The average Bonchev–Trinajstić information content (AvgIpc) is 3.08. The third kappa shape index (κ3) is 4.73. The molecule has 0 N–H and O–H groups in total. The fourth-order valence-electron chi connectivity index (χ4n) is 3.07. The van der Waals surface area contributed by atoms with E-state index in [1.54, 1.807) is 7.11 Å². The third-order valence-electron chi connectivity index (χ3n) is 4.55. The predicted molar refractivity (Wildman–Crippen MR) is 93.3 cm³/mol. The van der Waals surface area contributed by atoms with E-state index in [-0.39, 0.29) is 0 Å². The van der Waals surface area contributed by atoms with Crippen molar-refractivity contribution in [1.29, 1.82) is 0 Å². The Morgan fingerprint density at radius 1 is 1.36 bits per heavy atom. The van der Waals surface area contributed by atoms with Gasteiger partial charge in [0.1, 0.15) is 0 Å². The quantitative estimate of drug-likeness (QED) is 0.745. The van der Waals surface area contributed by atoms with Gasteiger partial charge in [-0.05, 0) is 38.9 Å². The molecule has 0 spiro atoms. The Balaban J connectivity index is 1.57. The number of hydrogen-bond acceptors (Lipinski definition) is 8. The van der Waals surface area contributed by atoms with Crippen LogP contribution in [0.2, 0.25) is 0 Å². The van der Waals surface area contributed by atoms with Crippen LogP contribution < -0.4 is 4.90 Å². The van der Waals surface area contributed by atoms with E-state index in [1.165, 1.54) is 0 Å². The summed E-state index contributed by atoms with van der Waals surface area (Å²) in [5, 5.41) is 12.5. The number of methoxy groups -OCH3 is 1. The van der Waals surface area contributed by atoms with Gasteiger partial charge in [-0.3, -0.25) is 4.90 Å². The zero-order chi connectivity index (χ0) is 17.6. The highest BCUT2D eigenvalue weighted by molar-refractivity contribution is 5.38. The van der Waals surface area contributed by atoms with Crippen LogP contribution in [0.15, 0.2) is 16.7 Å². The van der Waals surface area contributed by atoms with Crippen LogP contribution in [0, 0.1) is 6.92 Å². The van der Waals surface area contributed by atoms with E-state index in [0.717, 1.165) is 37.4 Å². The number of aromatic nitrogens is 4. The summed E-state index contributed by atoms with van der Waals surface area (Å²) in [5.41, 5.74) is 0.940. The molecule has 1 fully saturated rings. The predicted octanol–water partition coefficient (Wildman–Crippen LogP) is 1.46. The number of anilines is 1. The Hall–Kier alpha value is -2.06. The highest BCUT2D eigenvalue weighted by Gasteiger charge is 2.25. The van der Waals surface area contributed by atoms with Crippen molar-refractivity contribution in [3.05, 3.63) is 29.5 Å². The lowest BCUT2D eigenvalue weighted by Crippen LogP contribution is -2.46. The van der Waals surface area contributed by atoms with Gasteiger partial charge in [-0.25, -0.2) is 0 Å². The van der Waals surface area contributed by atoms with Gasteiger partial charge in [0.2, 0.25) is 5.89 Å². The van der Waals surface area contributed by atoms with Crippen LogP contribution in [0.25, 0.3) is 0 Å². The normalized spacial score (nSPS) is 18.1. The van der Waals surface area contributed by atoms with Crippen LogP contribution in [0.4, 0.5) is 5.82 Å². The van der Waals surface area contributed by atoms with Gasteiger partial charge in [0.25, 0.3) is 0 Å². The summed E-state index contributed by atoms with van der Waals surface area (Å²) in [4.78, 5) is 9.01. The van der Waals surface area contributed by atoms with Gasteiger partial charge in [0.15, 0.2) is 11.6 Å². The highest BCUT2D eigenvalue weighted by Crippen LogP contribution is 2.21. The number of likely N-dealkylation sites (N-methyl/N-ethyl adjacent to an activating group) is 1. The van der Waals surface area contributed by atoms with Gasteiger partial charge in [-0.15, -0.1) is 5.10 Å². The van der Waals surface area contributed by atoms with Crippen molar-refractivity contribution in [3.8, 4) is 0 Å². The third-order valence-corrected chi connectivity index (χ3v) is 4.55. The first-order valence-corrected chi connectivity index (χ1v) is 8.71. The minimum atomic E-state index is 0.422. The molecule has 3 heterocycles. The lowest BCUT2D eigenvalue weighted by atomic mass is 10.0. The molecule has 0 amide bonds. The Bertz CT molecular complexity index is 659. The van der Waals surface area contributed by atoms with E-state index in [2.05, 4.69) is 37.2 Å². The summed E-state index contributed by atoms with van der Waals surface area (Å²) in [7, 11) is 3.77. The smallest absolute Gasteiger partial charge is 0.240 e. The molecule has 8 heteroatoms. The number of nitrogens with zero attached hydrogens (tertiary/aromatic N) is 6. The SMILES string of the molecule is COCCc1noc(CN(C)[C@H]2CCCN(c3ccc(C)nn3)C2)n1. The van der Waals surface area contributed by atoms with Crippen molar-refractivity contribution in [1.82, 2.24) is 25.2 Å². The molecule has 0 radical (unpaired) electrons. The van der Waals surface area contributed by atoms with E-state index in [9.17, 15) is 0 Å². The Kier molecular flexibility index (Phi) is 5.93. The topological polar surface area (TPSA) is 80.4 Å². The molecule has 8 nitrogen and oxygen atoms in total. The summed E-state index contributed by atoms with van der Waals surface area (Å²) in [6, 6.07) is 4.48. The second-order valence-corrected chi connectivity index (χ2v) is 6.54. The molecule has 0 saturated carbocycles. The molecule has 1 aliphatic heterocycles. The maximum absolute atomic E-state index is 5.35. The van der Waals surface area contributed by atoms with Gasteiger partial charge in [0, 0.05) is 32.7 Å². The molecular formula is C17H26N6O2. The van der Waals surface area contributed by atoms with Crippen molar-refractivity contribution in [2.24, 2.45) is 0 Å². The van der Waals surface area contributed by atoms with Gasteiger partial charge >= 0.3 is 0 Å². The lowest BCUT2D eigenvalue weighted by Gasteiger charge is -2.37. The molecule has 3 rings (SSSR count). The molecule has 136 valence electrons. The summed E-state index contributed by atoms with van der Waals surface area (Å²) < 4.78 is 10.4. The molecule has 0 aliphatic carbocycles. The van der Waals surface area contributed by atoms with Gasteiger partial charge in [-0.2, -0.15) is 10.1 Å². The molecule has 2 aromatic heterocycles. The van der Waals surface area contributed by atoms with E-state index in [0.29, 0.717) is 37.3 Å². The molecule has 0 aromatic carbocycles. The first kappa shape index (κ1) is 17.8. The molecule has 2 aromatic rings. The maximum atomic E-state index is 5.35. The Morgan fingerprint density at radius 3 is 3.00 bits per heavy atom. The minimum absolute atomic E-state index is 0.422. The van der Waals surface area contributed by atoms with Crippen LogP contribution in [0.5, 0.6) is 0 Å². The molecule has 1 aliphatic rings. The average molecular weight is 346 g/mol. The van der Waals surface area contributed by atoms with Crippen LogP contribution >= 0.6 is 0 Å². The molecule has 0 bridgehead atoms. The van der Waals surface area contributed by atoms with Crippen molar-refractivity contribution in [2.75, 3.05) is 38.8 Å². The molecule has 1 saturated heterocycles. The number of hydrogen-bond donors (Lipinski definition) is 0. The van der Waals surface area contributed by atoms with Crippen molar-refractivity contribution < 1.29 is 9.26 Å². The number of aryl methyl sites for hydroxylation is 1. The first-order chi connectivity index (χ1) is 12.2. The summed E-state index contributed by atoms with van der Waals surface area (Å²) in [6.07, 6.45) is 2.96. The lowest BCUT2D eigenvalue weighted by molar-refractivity contribution is 0.183. The maximum Gasteiger partial charge on any atom is 0.240 e. The zero-order valence-corrected chi connectivity index (χ0v) is 15.2. The van der Waals surface area contributed by atoms with Crippen LogP contribution in [-0.2, 0) is 17.7 Å². The van der Waals surface area contributed by atoms with Gasteiger partial charge < -0.3 is 14.2 Å². The summed E-state index contributed by atoms with van der Waals surface area (Å²) in [6.45, 7) is 5.15. The van der Waals surface area contributed by atoms with E-state index < -0.39 is 0 Å². The van der Waals surface area contributed by atoms with Crippen LogP contribution in [0.1, 0.15) is 30.3 Å². The summed E-state index contributed by atoms with van der Waals surface area (Å²) >= 11 is 0. The standard InChI is InChI=1S/C17H26N6O2/c1-13-6-7-16(20-19-13)23-9-4-5-14(11-23)22(2)12-17-18-15(21-25-17)8-10-24-3/h6-7,14H,4-5,8-12H2,1-3H3/t14-/m0/s1. The number of piperidine rings is 1. The molecule has 1 atom stereocenters. The van der Waals surface area contributed by atoms with Gasteiger partial charge in [-0.1, -0.05) is 5.16 Å². The second-order valence-electron chi connectivity index (χ2n) is 6.54. The monoisotopic (exact) mass is 346 g/mol. The number of rotatable bonds is 7. The zero-order valence-electron chi connectivity index (χ0n) is 15.2. The first-order valence-electron chi connectivity index (χ1n) is 8.71. The van der Waals surface area contributed by atoms with Crippen molar-refractivity contribution in [2.45, 2.75) is 38.8 Å². The van der Waals surface area contributed by atoms with E-state index in [1.807, 2.05) is 19.1 Å². The molecule has 25 heavy (non-hydrogen) atoms. The largest absolute Gasteiger partial charge is 0.384 e. The molecular weight excluding hydrogens is 320 g/mol.